The fourth-order valence-corrected chi connectivity index (χ4v) is 1.62. The summed E-state index contributed by atoms with van der Waals surface area (Å²) >= 11 is 0. The lowest BCUT2D eigenvalue weighted by atomic mass is 10.0. The first kappa shape index (κ1) is 12.6. The molecule has 1 aromatic heterocycles. The van der Waals surface area contributed by atoms with E-state index in [-0.39, 0.29) is 5.56 Å². The Morgan fingerprint density at radius 2 is 1.67 bits per heavy atom. The molecular formula is C13H10F3NO. The smallest absolute Gasteiger partial charge is 0.384 e. The number of halogens is 3. The molecular weight excluding hydrogens is 243 g/mol. The lowest BCUT2D eigenvalue weighted by Gasteiger charge is -2.13. The zero-order chi connectivity index (χ0) is 13.2. The number of aromatic nitrogens is 1. The molecule has 1 unspecified atom stereocenters. The van der Waals surface area contributed by atoms with Gasteiger partial charge in [0.05, 0.1) is 5.56 Å². The summed E-state index contributed by atoms with van der Waals surface area (Å²) in [6.45, 7) is 0. The van der Waals surface area contributed by atoms with E-state index in [1.54, 1.807) is 12.1 Å². The number of pyridine rings is 1. The molecule has 0 bridgehead atoms. The summed E-state index contributed by atoms with van der Waals surface area (Å²) < 4.78 is 37.6. The van der Waals surface area contributed by atoms with E-state index in [0.29, 0.717) is 5.56 Å². The first-order valence-electron chi connectivity index (χ1n) is 5.23. The molecule has 0 aliphatic heterocycles. The topological polar surface area (TPSA) is 33.1 Å². The van der Waals surface area contributed by atoms with Gasteiger partial charge in [0.15, 0.2) is 0 Å². The van der Waals surface area contributed by atoms with E-state index < -0.39 is 17.8 Å². The van der Waals surface area contributed by atoms with Crippen molar-refractivity contribution in [3.63, 3.8) is 0 Å². The normalized spacial score (nSPS) is 13.3. The summed E-state index contributed by atoms with van der Waals surface area (Å²) in [5.74, 6) is 0. The summed E-state index contributed by atoms with van der Waals surface area (Å²) in [6, 6.07) is 7.78. The molecule has 0 spiro atoms. The van der Waals surface area contributed by atoms with Gasteiger partial charge in [-0.2, -0.15) is 13.2 Å². The fourth-order valence-electron chi connectivity index (χ4n) is 1.62. The number of alkyl halides is 3. The van der Waals surface area contributed by atoms with Gasteiger partial charge in [0.2, 0.25) is 0 Å². The third-order valence-electron chi connectivity index (χ3n) is 2.55. The molecule has 0 saturated carbocycles. The second-order valence-corrected chi connectivity index (χ2v) is 3.81. The first-order valence-corrected chi connectivity index (χ1v) is 5.23. The van der Waals surface area contributed by atoms with Crippen molar-refractivity contribution in [1.29, 1.82) is 0 Å². The van der Waals surface area contributed by atoms with Crippen molar-refractivity contribution in [1.82, 2.24) is 4.98 Å². The van der Waals surface area contributed by atoms with E-state index in [1.165, 1.54) is 24.5 Å². The third-order valence-corrected chi connectivity index (χ3v) is 2.55. The van der Waals surface area contributed by atoms with E-state index >= 15 is 0 Å². The maximum atomic E-state index is 12.5. The monoisotopic (exact) mass is 253 g/mol. The minimum Gasteiger partial charge on any atom is -0.384 e. The predicted octanol–water partition coefficient (Wildman–Crippen LogP) is 3.18. The van der Waals surface area contributed by atoms with E-state index in [1.807, 2.05) is 0 Å². The number of nitrogens with zero attached hydrogens (tertiary/aromatic N) is 1. The van der Waals surface area contributed by atoms with Gasteiger partial charge >= 0.3 is 6.18 Å². The lowest BCUT2D eigenvalue weighted by Crippen LogP contribution is -2.07. The second-order valence-electron chi connectivity index (χ2n) is 3.81. The van der Waals surface area contributed by atoms with Crippen LogP contribution in [0.5, 0.6) is 0 Å². The number of benzene rings is 1. The number of hydrogen-bond donors (Lipinski definition) is 1. The maximum absolute atomic E-state index is 12.5. The van der Waals surface area contributed by atoms with Crippen LogP contribution in [0.2, 0.25) is 0 Å². The molecule has 0 saturated heterocycles. The number of aliphatic hydroxyl groups is 1. The molecule has 0 aliphatic carbocycles. The average Bonchev–Trinajstić information content (AvgIpc) is 2.38. The van der Waals surface area contributed by atoms with Crippen molar-refractivity contribution in [2.24, 2.45) is 0 Å². The van der Waals surface area contributed by atoms with Crippen molar-refractivity contribution in [2.45, 2.75) is 12.3 Å². The predicted molar refractivity (Wildman–Crippen MR) is 59.7 cm³/mol. The second kappa shape index (κ2) is 4.78. The summed E-state index contributed by atoms with van der Waals surface area (Å²) in [6.07, 6.45) is -2.54. The fraction of sp³-hybridized carbons (Fsp3) is 0.154. The zero-order valence-corrected chi connectivity index (χ0v) is 9.22. The highest BCUT2D eigenvalue weighted by atomic mass is 19.4. The van der Waals surface area contributed by atoms with E-state index in [9.17, 15) is 18.3 Å². The Balaban J connectivity index is 2.35. The number of aliphatic hydroxyl groups excluding tert-OH is 1. The van der Waals surface area contributed by atoms with Gasteiger partial charge in [-0.05, 0) is 35.4 Å². The van der Waals surface area contributed by atoms with Crippen LogP contribution in [0.3, 0.4) is 0 Å². The van der Waals surface area contributed by atoms with E-state index in [2.05, 4.69) is 4.98 Å². The van der Waals surface area contributed by atoms with Crippen molar-refractivity contribution >= 4 is 0 Å². The van der Waals surface area contributed by atoms with Crippen molar-refractivity contribution < 1.29 is 18.3 Å². The highest BCUT2D eigenvalue weighted by Crippen LogP contribution is 2.31. The Labute approximate surface area is 102 Å². The molecule has 2 rings (SSSR count). The Kier molecular flexibility index (Phi) is 3.34. The Hall–Kier alpha value is -1.88. The van der Waals surface area contributed by atoms with Gasteiger partial charge in [-0.3, -0.25) is 4.98 Å². The van der Waals surface area contributed by atoms with Crippen molar-refractivity contribution in [3.8, 4) is 0 Å². The van der Waals surface area contributed by atoms with Crippen molar-refractivity contribution in [2.75, 3.05) is 0 Å². The zero-order valence-electron chi connectivity index (χ0n) is 9.22. The molecule has 18 heavy (non-hydrogen) atoms. The van der Waals surface area contributed by atoms with Crippen LogP contribution in [0.25, 0.3) is 0 Å². The molecule has 2 nitrogen and oxygen atoms in total. The van der Waals surface area contributed by atoms with Crippen molar-refractivity contribution in [3.05, 3.63) is 65.5 Å². The molecule has 1 N–H and O–H groups in total. The molecule has 2 aromatic rings. The van der Waals surface area contributed by atoms with Crippen LogP contribution in [0, 0.1) is 0 Å². The molecule has 1 heterocycles. The van der Waals surface area contributed by atoms with Crippen LogP contribution in [-0.4, -0.2) is 10.1 Å². The largest absolute Gasteiger partial charge is 0.416 e. The van der Waals surface area contributed by atoms with Gasteiger partial charge in [0, 0.05) is 12.4 Å². The Morgan fingerprint density at radius 1 is 1.00 bits per heavy atom. The molecule has 5 heteroatoms. The summed E-state index contributed by atoms with van der Waals surface area (Å²) in [5.41, 5.74) is -0.0616. The molecule has 1 aromatic carbocycles. The van der Waals surface area contributed by atoms with Gasteiger partial charge in [0.25, 0.3) is 0 Å². The molecule has 0 radical (unpaired) electrons. The van der Waals surface area contributed by atoms with Crippen LogP contribution in [0.1, 0.15) is 22.8 Å². The lowest BCUT2D eigenvalue weighted by molar-refractivity contribution is -0.137. The minimum absolute atomic E-state index is 0.205. The molecule has 0 fully saturated rings. The molecule has 0 amide bonds. The molecule has 1 atom stereocenters. The molecule has 94 valence electrons. The summed E-state index contributed by atoms with van der Waals surface area (Å²) in [5, 5.41) is 9.99. The standard InChI is InChI=1S/C13H10F3NO/c14-13(15,16)11-3-1-2-10(8-11)12(18)9-4-6-17-7-5-9/h1-8,12,18H. The van der Waals surface area contributed by atoms with Crippen LogP contribution >= 0.6 is 0 Å². The number of rotatable bonds is 2. The minimum atomic E-state index is -4.41. The number of hydrogen-bond acceptors (Lipinski definition) is 2. The van der Waals surface area contributed by atoms with Crippen LogP contribution < -0.4 is 0 Å². The SMILES string of the molecule is OC(c1ccncc1)c1cccc(C(F)(F)F)c1. The third kappa shape index (κ3) is 2.68. The van der Waals surface area contributed by atoms with E-state index in [0.717, 1.165) is 12.1 Å². The summed E-state index contributed by atoms with van der Waals surface area (Å²) in [4.78, 5) is 3.79. The van der Waals surface area contributed by atoms with Gasteiger partial charge in [-0.15, -0.1) is 0 Å². The van der Waals surface area contributed by atoms with Gasteiger partial charge in [0.1, 0.15) is 6.10 Å². The van der Waals surface area contributed by atoms with Gasteiger partial charge in [-0.25, -0.2) is 0 Å². The highest BCUT2D eigenvalue weighted by molar-refractivity contribution is 5.32. The maximum Gasteiger partial charge on any atom is 0.416 e. The van der Waals surface area contributed by atoms with Crippen LogP contribution in [-0.2, 0) is 6.18 Å². The quantitative estimate of drug-likeness (QED) is 0.891. The first-order chi connectivity index (χ1) is 8.48. The Bertz CT molecular complexity index is 525. The summed E-state index contributed by atoms with van der Waals surface area (Å²) in [7, 11) is 0. The van der Waals surface area contributed by atoms with Crippen LogP contribution in [0.15, 0.2) is 48.8 Å². The Morgan fingerprint density at radius 3 is 2.28 bits per heavy atom. The van der Waals surface area contributed by atoms with Crippen LogP contribution in [0.4, 0.5) is 13.2 Å². The highest BCUT2D eigenvalue weighted by Gasteiger charge is 2.30. The average molecular weight is 253 g/mol. The van der Waals surface area contributed by atoms with Gasteiger partial charge in [-0.1, -0.05) is 12.1 Å². The van der Waals surface area contributed by atoms with E-state index in [4.69, 9.17) is 0 Å². The van der Waals surface area contributed by atoms with Gasteiger partial charge < -0.3 is 5.11 Å². The molecule has 0 aliphatic rings.